The average molecular weight is 216 g/mol. The monoisotopic (exact) mass is 216 g/mol. The number of allylic oxidation sites excluding steroid dienone is 1. The SMILES string of the molecule is O=C1CC2CC=NC=C2CN2C=CCCC12. The number of nitrogens with zero attached hydrogens (tertiary/aromatic N) is 2. The zero-order valence-corrected chi connectivity index (χ0v) is 9.30. The Morgan fingerprint density at radius 1 is 1.44 bits per heavy atom. The molecule has 84 valence electrons. The molecule has 2 atom stereocenters. The van der Waals surface area contributed by atoms with E-state index in [-0.39, 0.29) is 6.04 Å². The Hall–Kier alpha value is -1.38. The molecule has 3 heteroatoms. The summed E-state index contributed by atoms with van der Waals surface area (Å²) in [5.41, 5.74) is 1.32. The summed E-state index contributed by atoms with van der Waals surface area (Å²) in [4.78, 5) is 18.6. The van der Waals surface area contributed by atoms with Crippen LogP contribution in [0.15, 0.2) is 29.0 Å². The number of carbonyl (C=O) groups is 1. The van der Waals surface area contributed by atoms with Crippen LogP contribution in [0.25, 0.3) is 0 Å². The third-order valence-corrected chi connectivity index (χ3v) is 3.75. The highest BCUT2D eigenvalue weighted by molar-refractivity contribution is 5.86. The molecule has 3 heterocycles. The van der Waals surface area contributed by atoms with Crippen LogP contribution in [0.5, 0.6) is 0 Å². The molecule has 0 aromatic carbocycles. The smallest absolute Gasteiger partial charge is 0.155 e. The van der Waals surface area contributed by atoms with E-state index in [2.05, 4.69) is 22.2 Å². The Labute approximate surface area is 95.5 Å². The summed E-state index contributed by atoms with van der Waals surface area (Å²) in [5.74, 6) is 0.817. The number of carbonyl (C=O) groups excluding carboxylic acids is 1. The van der Waals surface area contributed by atoms with Gasteiger partial charge in [0.05, 0.1) is 6.04 Å². The molecule has 0 spiro atoms. The predicted molar refractivity (Wildman–Crippen MR) is 63.2 cm³/mol. The molecular formula is C13H16N2O. The van der Waals surface area contributed by atoms with Crippen molar-refractivity contribution in [3.8, 4) is 0 Å². The molecule has 16 heavy (non-hydrogen) atoms. The molecular weight excluding hydrogens is 200 g/mol. The largest absolute Gasteiger partial charge is 0.364 e. The molecule has 0 radical (unpaired) electrons. The van der Waals surface area contributed by atoms with Crippen LogP contribution in [0, 0.1) is 5.92 Å². The number of Topliss-reactive ketones (excluding diaryl/α,β-unsaturated/α-hetero) is 1. The molecule has 3 aliphatic rings. The number of ketones is 1. The van der Waals surface area contributed by atoms with Crippen molar-refractivity contribution in [2.45, 2.75) is 31.7 Å². The molecule has 1 saturated heterocycles. The minimum absolute atomic E-state index is 0.122. The quantitative estimate of drug-likeness (QED) is 0.619. The Kier molecular flexibility index (Phi) is 2.39. The first-order valence-corrected chi connectivity index (χ1v) is 6.00. The first kappa shape index (κ1) is 9.82. The van der Waals surface area contributed by atoms with Crippen LogP contribution in [0.2, 0.25) is 0 Å². The van der Waals surface area contributed by atoms with E-state index in [1.54, 1.807) is 0 Å². The fourth-order valence-corrected chi connectivity index (χ4v) is 2.81. The van der Waals surface area contributed by atoms with Gasteiger partial charge in [-0.25, -0.2) is 0 Å². The molecule has 3 nitrogen and oxygen atoms in total. The predicted octanol–water partition coefficient (Wildman–Crippen LogP) is 1.91. The lowest BCUT2D eigenvalue weighted by Gasteiger charge is -2.30. The molecule has 2 unspecified atom stereocenters. The van der Waals surface area contributed by atoms with Gasteiger partial charge in [-0.15, -0.1) is 0 Å². The highest BCUT2D eigenvalue weighted by Crippen LogP contribution is 2.31. The molecule has 0 N–H and O–H groups in total. The molecule has 0 aromatic heterocycles. The summed E-state index contributed by atoms with van der Waals surface area (Å²) in [6.45, 7) is 0.884. The minimum Gasteiger partial charge on any atom is -0.364 e. The van der Waals surface area contributed by atoms with Crippen molar-refractivity contribution >= 4 is 12.0 Å². The molecule has 0 saturated carbocycles. The van der Waals surface area contributed by atoms with Gasteiger partial charge >= 0.3 is 0 Å². The summed E-state index contributed by atoms with van der Waals surface area (Å²) in [7, 11) is 0. The highest BCUT2D eigenvalue weighted by Gasteiger charge is 2.33. The van der Waals surface area contributed by atoms with Crippen LogP contribution >= 0.6 is 0 Å². The van der Waals surface area contributed by atoms with Gasteiger partial charge in [0.15, 0.2) is 5.78 Å². The van der Waals surface area contributed by atoms with Gasteiger partial charge in [0.1, 0.15) is 0 Å². The molecule has 0 aliphatic carbocycles. The minimum atomic E-state index is 0.122. The van der Waals surface area contributed by atoms with Crippen LogP contribution in [0.3, 0.4) is 0 Å². The third kappa shape index (κ3) is 1.60. The summed E-state index contributed by atoms with van der Waals surface area (Å²) in [6, 6.07) is 0.122. The Morgan fingerprint density at radius 3 is 3.31 bits per heavy atom. The van der Waals surface area contributed by atoms with Crippen LogP contribution < -0.4 is 0 Å². The standard InChI is InChI=1S/C13H16N2O/c16-13-7-10-4-5-14-8-11(10)9-15-6-2-1-3-12(13)15/h2,5-6,8,10,12H,1,3-4,7,9H2. The lowest BCUT2D eigenvalue weighted by molar-refractivity contribution is -0.123. The molecule has 3 aliphatic heterocycles. The zero-order valence-electron chi connectivity index (χ0n) is 9.30. The van der Waals surface area contributed by atoms with Gasteiger partial charge in [0, 0.05) is 25.4 Å². The number of hydrogen-bond donors (Lipinski definition) is 0. The summed E-state index contributed by atoms with van der Waals surface area (Å²) in [5, 5.41) is 0. The van der Waals surface area contributed by atoms with Gasteiger partial charge in [0.2, 0.25) is 0 Å². The van der Waals surface area contributed by atoms with E-state index >= 15 is 0 Å². The number of rotatable bonds is 0. The first-order chi connectivity index (χ1) is 7.84. The van der Waals surface area contributed by atoms with E-state index in [9.17, 15) is 4.79 Å². The van der Waals surface area contributed by atoms with Gasteiger partial charge in [-0.3, -0.25) is 9.79 Å². The number of aliphatic imine (C=N–C) groups is 1. The molecule has 0 amide bonds. The van der Waals surface area contributed by atoms with Crippen molar-refractivity contribution in [3.05, 3.63) is 24.0 Å². The number of fused-ring (bicyclic) bond motifs is 2. The number of hydrogen-bond acceptors (Lipinski definition) is 3. The second-order valence-corrected chi connectivity index (χ2v) is 4.79. The van der Waals surface area contributed by atoms with E-state index in [1.165, 1.54) is 5.57 Å². The van der Waals surface area contributed by atoms with Crippen LogP contribution in [0.4, 0.5) is 0 Å². The summed E-state index contributed by atoms with van der Waals surface area (Å²) in [6.07, 6.45) is 11.8. The second-order valence-electron chi connectivity index (χ2n) is 4.79. The Bertz CT molecular complexity index is 395. The molecule has 1 fully saturated rings. The normalized spacial score (nSPS) is 32.9. The van der Waals surface area contributed by atoms with Crippen molar-refractivity contribution in [1.29, 1.82) is 0 Å². The lowest BCUT2D eigenvalue weighted by Crippen LogP contribution is -2.38. The maximum absolute atomic E-state index is 12.2. The van der Waals surface area contributed by atoms with E-state index in [0.717, 1.165) is 25.8 Å². The van der Waals surface area contributed by atoms with Gasteiger partial charge in [-0.05, 0) is 37.0 Å². The third-order valence-electron chi connectivity index (χ3n) is 3.75. The van der Waals surface area contributed by atoms with Crippen LogP contribution in [-0.2, 0) is 4.79 Å². The summed E-state index contributed by atoms with van der Waals surface area (Å²) < 4.78 is 0. The van der Waals surface area contributed by atoms with E-state index in [0.29, 0.717) is 18.1 Å². The van der Waals surface area contributed by atoms with Gasteiger partial charge in [-0.1, -0.05) is 6.08 Å². The maximum atomic E-state index is 12.2. The van der Waals surface area contributed by atoms with Gasteiger partial charge < -0.3 is 4.90 Å². The van der Waals surface area contributed by atoms with Crippen molar-refractivity contribution in [2.24, 2.45) is 10.9 Å². The maximum Gasteiger partial charge on any atom is 0.155 e. The topological polar surface area (TPSA) is 32.7 Å². The molecule has 3 rings (SSSR count). The fourth-order valence-electron chi connectivity index (χ4n) is 2.81. The van der Waals surface area contributed by atoms with Gasteiger partial charge in [-0.2, -0.15) is 0 Å². The lowest BCUT2D eigenvalue weighted by atomic mass is 9.90. The van der Waals surface area contributed by atoms with Crippen LogP contribution in [-0.4, -0.2) is 29.5 Å². The van der Waals surface area contributed by atoms with E-state index in [1.807, 2.05) is 12.4 Å². The average Bonchev–Trinajstić information content (AvgIpc) is 2.45. The molecule has 0 aromatic rings. The second kappa shape index (κ2) is 3.89. The van der Waals surface area contributed by atoms with E-state index < -0.39 is 0 Å². The van der Waals surface area contributed by atoms with Crippen LogP contribution in [0.1, 0.15) is 25.7 Å². The highest BCUT2D eigenvalue weighted by atomic mass is 16.1. The zero-order chi connectivity index (χ0) is 11.0. The Balaban J connectivity index is 1.92. The first-order valence-electron chi connectivity index (χ1n) is 6.00. The fraction of sp³-hybridized carbons (Fsp3) is 0.538. The molecule has 0 bridgehead atoms. The Morgan fingerprint density at radius 2 is 2.38 bits per heavy atom. The van der Waals surface area contributed by atoms with E-state index in [4.69, 9.17) is 0 Å². The van der Waals surface area contributed by atoms with Crippen molar-refractivity contribution in [1.82, 2.24) is 4.90 Å². The van der Waals surface area contributed by atoms with Crippen molar-refractivity contribution in [2.75, 3.05) is 6.54 Å². The van der Waals surface area contributed by atoms with Gasteiger partial charge in [0.25, 0.3) is 0 Å². The van der Waals surface area contributed by atoms with Crippen molar-refractivity contribution < 1.29 is 4.79 Å². The summed E-state index contributed by atoms with van der Waals surface area (Å²) >= 11 is 0. The van der Waals surface area contributed by atoms with Crippen molar-refractivity contribution in [3.63, 3.8) is 0 Å².